The van der Waals surface area contributed by atoms with Crippen molar-refractivity contribution in [3.05, 3.63) is 53.2 Å². The van der Waals surface area contributed by atoms with Crippen molar-refractivity contribution in [1.82, 2.24) is 4.98 Å². The zero-order valence-corrected chi connectivity index (χ0v) is 11.2. The molecule has 2 N–H and O–H groups in total. The Morgan fingerprint density at radius 3 is 2.95 bits per heavy atom. The molecule has 0 bridgehead atoms. The number of rotatable bonds is 2. The standard InChI is InChI=1S/C16H13N3O2/c20-9-18-12-4-3-10-7-16(8-11(10)6-12)13-2-1-5-17-14(13)19-15(16)21/h1-6,9H,7-8H2,(H,18,20)(H,17,19,21)/t16-/m1/s1. The molecule has 0 saturated heterocycles. The average Bonchev–Trinajstić information content (AvgIpc) is 2.99. The second-order valence-corrected chi connectivity index (χ2v) is 5.54. The molecule has 2 amide bonds. The molecule has 1 aliphatic carbocycles. The molecule has 1 spiro atoms. The minimum atomic E-state index is -0.550. The largest absolute Gasteiger partial charge is 0.329 e. The number of hydrogen-bond donors (Lipinski definition) is 2. The predicted molar refractivity (Wildman–Crippen MR) is 78.1 cm³/mol. The summed E-state index contributed by atoms with van der Waals surface area (Å²) in [7, 11) is 0. The van der Waals surface area contributed by atoms with Crippen LogP contribution in [0.2, 0.25) is 0 Å². The molecule has 4 rings (SSSR count). The zero-order valence-electron chi connectivity index (χ0n) is 11.2. The topological polar surface area (TPSA) is 71.1 Å². The normalized spacial score (nSPS) is 21.8. The van der Waals surface area contributed by atoms with E-state index in [1.165, 1.54) is 0 Å². The molecule has 1 aliphatic heterocycles. The van der Waals surface area contributed by atoms with Gasteiger partial charge < -0.3 is 10.6 Å². The quantitative estimate of drug-likeness (QED) is 0.821. The van der Waals surface area contributed by atoms with Crippen molar-refractivity contribution in [2.75, 3.05) is 10.6 Å². The Morgan fingerprint density at radius 2 is 2.10 bits per heavy atom. The molecule has 0 radical (unpaired) electrons. The lowest BCUT2D eigenvalue weighted by molar-refractivity contribution is -0.120. The fourth-order valence-electron chi connectivity index (χ4n) is 3.43. The minimum absolute atomic E-state index is 0.0114. The number of aromatic nitrogens is 1. The molecule has 1 atom stereocenters. The number of carbonyl (C=O) groups excluding carboxylic acids is 2. The molecule has 5 heteroatoms. The molecule has 2 aromatic rings. The maximum Gasteiger partial charge on any atom is 0.237 e. The van der Waals surface area contributed by atoms with Gasteiger partial charge in [-0.3, -0.25) is 9.59 Å². The smallest absolute Gasteiger partial charge is 0.237 e. The zero-order chi connectivity index (χ0) is 14.4. The van der Waals surface area contributed by atoms with E-state index in [9.17, 15) is 9.59 Å². The Labute approximate surface area is 121 Å². The van der Waals surface area contributed by atoms with Crippen LogP contribution >= 0.6 is 0 Å². The number of benzene rings is 1. The van der Waals surface area contributed by atoms with Gasteiger partial charge in [-0.25, -0.2) is 4.98 Å². The van der Waals surface area contributed by atoms with Crippen LogP contribution in [-0.4, -0.2) is 17.3 Å². The molecular weight excluding hydrogens is 266 g/mol. The van der Waals surface area contributed by atoms with Crippen LogP contribution < -0.4 is 10.6 Å². The Bertz CT molecular complexity index is 772. The number of nitrogens with one attached hydrogen (secondary N) is 2. The average molecular weight is 279 g/mol. The molecule has 1 aromatic carbocycles. The maximum atomic E-state index is 12.5. The van der Waals surface area contributed by atoms with Crippen LogP contribution in [0.15, 0.2) is 36.5 Å². The van der Waals surface area contributed by atoms with Gasteiger partial charge in [-0.1, -0.05) is 12.1 Å². The molecule has 2 heterocycles. The number of nitrogens with zero attached hydrogens (tertiary/aromatic N) is 1. The van der Waals surface area contributed by atoms with Gasteiger partial charge in [0.2, 0.25) is 12.3 Å². The van der Waals surface area contributed by atoms with Gasteiger partial charge in [0.15, 0.2) is 0 Å². The number of carbonyl (C=O) groups is 2. The SMILES string of the molecule is O=CNc1ccc2c(c1)C[C@@]1(C2)C(=O)Nc2ncccc21. The molecule has 0 fully saturated rings. The van der Waals surface area contributed by atoms with Crippen molar-refractivity contribution < 1.29 is 9.59 Å². The number of hydrogen-bond acceptors (Lipinski definition) is 3. The monoisotopic (exact) mass is 279 g/mol. The Morgan fingerprint density at radius 1 is 1.24 bits per heavy atom. The van der Waals surface area contributed by atoms with Gasteiger partial charge in [0.25, 0.3) is 0 Å². The summed E-state index contributed by atoms with van der Waals surface area (Å²) in [5, 5.41) is 5.54. The van der Waals surface area contributed by atoms with Gasteiger partial charge in [-0.2, -0.15) is 0 Å². The fourth-order valence-corrected chi connectivity index (χ4v) is 3.43. The second kappa shape index (κ2) is 4.15. The number of fused-ring (bicyclic) bond motifs is 3. The first-order valence-electron chi connectivity index (χ1n) is 6.82. The van der Waals surface area contributed by atoms with Crippen molar-refractivity contribution in [2.24, 2.45) is 0 Å². The number of pyridine rings is 1. The summed E-state index contributed by atoms with van der Waals surface area (Å²) in [5.41, 5.74) is 3.43. The van der Waals surface area contributed by atoms with Crippen molar-refractivity contribution in [3.63, 3.8) is 0 Å². The summed E-state index contributed by atoms with van der Waals surface area (Å²) in [6.45, 7) is 0. The lowest BCUT2D eigenvalue weighted by Crippen LogP contribution is -2.35. The van der Waals surface area contributed by atoms with Crippen LogP contribution in [0, 0.1) is 0 Å². The predicted octanol–water partition coefficient (Wildman–Crippen LogP) is 1.64. The van der Waals surface area contributed by atoms with E-state index in [-0.39, 0.29) is 5.91 Å². The highest BCUT2D eigenvalue weighted by molar-refractivity contribution is 6.06. The van der Waals surface area contributed by atoms with E-state index in [0.717, 1.165) is 22.4 Å². The van der Waals surface area contributed by atoms with Crippen molar-refractivity contribution in [2.45, 2.75) is 18.3 Å². The summed E-state index contributed by atoms with van der Waals surface area (Å²) >= 11 is 0. The third kappa shape index (κ3) is 1.60. The van der Waals surface area contributed by atoms with Crippen LogP contribution in [0.5, 0.6) is 0 Å². The van der Waals surface area contributed by atoms with Crippen LogP contribution in [0.25, 0.3) is 0 Å². The highest BCUT2D eigenvalue weighted by atomic mass is 16.2. The van der Waals surface area contributed by atoms with Crippen molar-refractivity contribution in [3.8, 4) is 0 Å². The molecular formula is C16H13N3O2. The van der Waals surface area contributed by atoms with E-state index in [1.54, 1.807) is 6.20 Å². The summed E-state index contributed by atoms with van der Waals surface area (Å²) in [5.74, 6) is 0.679. The maximum absolute atomic E-state index is 12.5. The van der Waals surface area contributed by atoms with Gasteiger partial charge in [0.05, 0.1) is 5.41 Å². The summed E-state index contributed by atoms with van der Waals surface area (Å²) in [6.07, 6.45) is 3.66. The second-order valence-electron chi connectivity index (χ2n) is 5.54. The van der Waals surface area contributed by atoms with Crippen LogP contribution in [0.1, 0.15) is 16.7 Å². The van der Waals surface area contributed by atoms with Gasteiger partial charge >= 0.3 is 0 Å². The highest BCUT2D eigenvalue weighted by Gasteiger charge is 2.50. The first-order valence-corrected chi connectivity index (χ1v) is 6.82. The molecule has 1 aromatic heterocycles. The van der Waals surface area contributed by atoms with Crippen LogP contribution in [0.3, 0.4) is 0 Å². The van der Waals surface area contributed by atoms with E-state index in [0.29, 0.717) is 25.1 Å². The van der Waals surface area contributed by atoms with E-state index >= 15 is 0 Å². The van der Waals surface area contributed by atoms with E-state index < -0.39 is 5.41 Å². The van der Waals surface area contributed by atoms with Crippen molar-refractivity contribution >= 4 is 23.8 Å². The molecule has 0 unspecified atom stereocenters. The third-order valence-corrected chi connectivity index (χ3v) is 4.41. The summed E-state index contributed by atoms with van der Waals surface area (Å²) < 4.78 is 0. The third-order valence-electron chi connectivity index (χ3n) is 4.41. The number of amides is 2. The van der Waals surface area contributed by atoms with E-state index in [4.69, 9.17) is 0 Å². The Balaban J connectivity index is 1.79. The molecule has 5 nitrogen and oxygen atoms in total. The molecule has 104 valence electrons. The lowest BCUT2D eigenvalue weighted by atomic mass is 9.79. The van der Waals surface area contributed by atoms with Gasteiger partial charge in [0, 0.05) is 17.4 Å². The van der Waals surface area contributed by atoms with Crippen molar-refractivity contribution in [1.29, 1.82) is 0 Å². The first kappa shape index (κ1) is 12.1. The van der Waals surface area contributed by atoms with Crippen LogP contribution in [0.4, 0.5) is 11.5 Å². The van der Waals surface area contributed by atoms with E-state index in [2.05, 4.69) is 15.6 Å². The molecule has 2 aliphatic rings. The first-order chi connectivity index (χ1) is 10.2. The van der Waals surface area contributed by atoms with Crippen LogP contribution in [-0.2, 0) is 27.8 Å². The number of anilines is 2. The Kier molecular flexibility index (Phi) is 2.39. The van der Waals surface area contributed by atoms with E-state index in [1.807, 2.05) is 30.3 Å². The van der Waals surface area contributed by atoms with Gasteiger partial charge in [-0.05, 0) is 42.2 Å². The Hall–Kier alpha value is -2.69. The summed E-state index contributed by atoms with van der Waals surface area (Å²) in [6, 6.07) is 9.63. The molecule has 21 heavy (non-hydrogen) atoms. The highest BCUT2D eigenvalue weighted by Crippen LogP contribution is 2.46. The van der Waals surface area contributed by atoms with Gasteiger partial charge in [0.1, 0.15) is 5.82 Å². The minimum Gasteiger partial charge on any atom is -0.329 e. The molecule has 0 saturated carbocycles. The fraction of sp³-hybridized carbons (Fsp3) is 0.188. The lowest BCUT2D eigenvalue weighted by Gasteiger charge is -2.20. The van der Waals surface area contributed by atoms with Gasteiger partial charge in [-0.15, -0.1) is 0 Å². The summed E-state index contributed by atoms with van der Waals surface area (Å²) in [4.78, 5) is 27.3.